The van der Waals surface area contributed by atoms with E-state index in [0.29, 0.717) is 11.3 Å². The minimum Gasteiger partial charge on any atom is -0.324 e. The number of hydrogen-bond acceptors (Lipinski definition) is 2. The molecule has 2 nitrogen and oxygen atoms in total. The highest BCUT2D eigenvalue weighted by atomic mass is 14.7. The highest BCUT2D eigenvalue weighted by Crippen LogP contribution is 2.45. The lowest BCUT2D eigenvalue weighted by Gasteiger charge is -2.35. The molecule has 2 heteroatoms. The lowest BCUT2D eigenvalue weighted by molar-refractivity contribution is 0.294. The van der Waals surface area contributed by atoms with Crippen molar-refractivity contribution in [3.63, 3.8) is 0 Å². The monoisotopic (exact) mass is 242 g/mol. The maximum atomic E-state index is 6.19. The van der Waals surface area contributed by atoms with Crippen molar-refractivity contribution in [2.45, 2.75) is 51.5 Å². The first-order valence-electron chi connectivity index (χ1n) is 6.95. The van der Waals surface area contributed by atoms with E-state index >= 15 is 0 Å². The Morgan fingerprint density at radius 2 is 2.22 bits per heavy atom. The van der Waals surface area contributed by atoms with Gasteiger partial charge in [-0.2, -0.15) is 0 Å². The van der Waals surface area contributed by atoms with Crippen LogP contribution in [0.15, 0.2) is 30.0 Å². The van der Waals surface area contributed by atoms with Crippen molar-refractivity contribution in [1.29, 1.82) is 0 Å². The van der Waals surface area contributed by atoms with Gasteiger partial charge >= 0.3 is 0 Å². The molecule has 18 heavy (non-hydrogen) atoms. The Kier molecular flexibility index (Phi) is 2.78. The molecule has 0 radical (unpaired) electrons. The molecule has 2 aliphatic rings. The van der Waals surface area contributed by atoms with Gasteiger partial charge in [-0.15, -0.1) is 0 Å². The van der Waals surface area contributed by atoms with Gasteiger partial charge < -0.3 is 5.73 Å². The topological polar surface area (TPSA) is 38.9 Å². The standard InChI is InChI=1S/C16H22N2/c1-16(2)9-12(8-13(17)10-16)14-6-5-11-4-3-7-18-15(11)14/h3-4,7-8,13-14H,5-6,9-10,17H2,1-2H3. The molecule has 0 saturated heterocycles. The van der Waals surface area contributed by atoms with Gasteiger partial charge in [0.05, 0.1) is 5.69 Å². The van der Waals surface area contributed by atoms with Crippen LogP contribution in [0, 0.1) is 5.41 Å². The quantitative estimate of drug-likeness (QED) is 0.768. The van der Waals surface area contributed by atoms with Crippen LogP contribution < -0.4 is 5.73 Å². The second-order valence-corrected chi connectivity index (χ2v) is 6.59. The predicted octanol–water partition coefficient (Wildman–Crippen LogP) is 3.19. The first-order chi connectivity index (χ1) is 8.55. The number of rotatable bonds is 1. The second-order valence-electron chi connectivity index (χ2n) is 6.59. The SMILES string of the molecule is CC1(C)CC(C2CCc3cccnc32)=CC(N)C1. The molecule has 0 saturated carbocycles. The molecule has 2 N–H and O–H groups in total. The lowest BCUT2D eigenvalue weighted by Crippen LogP contribution is -2.32. The van der Waals surface area contributed by atoms with Gasteiger partial charge in [0, 0.05) is 18.2 Å². The second kappa shape index (κ2) is 4.20. The zero-order valence-electron chi connectivity index (χ0n) is 11.3. The summed E-state index contributed by atoms with van der Waals surface area (Å²) in [5, 5.41) is 0. The Labute approximate surface area is 109 Å². The van der Waals surface area contributed by atoms with E-state index in [4.69, 9.17) is 5.73 Å². The third kappa shape index (κ3) is 2.10. The van der Waals surface area contributed by atoms with Crippen LogP contribution in [0.4, 0.5) is 0 Å². The van der Waals surface area contributed by atoms with Gasteiger partial charge in [-0.05, 0) is 42.7 Å². The van der Waals surface area contributed by atoms with Gasteiger partial charge in [0.15, 0.2) is 0 Å². The van der Waals surface area contributed by atoms with E-state index in [1.165, 1.54) is 36.1 Å². The molecule has 0 spiro atoms. The fourth-order valence-corrected chi connectivity index (χ4v) is 3.67. The number of aryl methyl sites for hydroxylation is 1. The van der Waals surface area contributed by atoms with Gasteiger partial charge in [0.2, 0.25) is 0 Å². The predicted molar refractivity (Wildman–Crippen MR) is 74.4 cm³/mol. The molecular weight excluding hydrogens is 220 g/mol. The summed E-state index contributed by atoms with van der Waals surface area (Å²) in [7, 11) is 0. The van der Waals surface area contributed by atoms with Crippen LogP contribution in [0.25, 0.3) is 0 Å². The number of pyridine rings is 1. The summed E-state index contributed by atoms with van der Waals surface area (Å²) < 4.78 is 0. The fraction of sp³-hybridized carbons (Fsp3) is 0.562. The van der Waals surface area contributed by atoms with Crippen LogP contribution in [-0.4, -0.2) is 11.0 Å². The number of nitrogens with two attached hydrogens (primary N) is 1. The van der Waals surface area contributed by atoms with Gasteiger partial charge in [0.25, 0.3) is 0 Å². The van der Waals surface area contributed by atoms with Crippen molar-refractivity contribution in [3.05, 3.63) is 41.2 Å². The summed E-state index contributed by atoms with van der Waals surface area (Å²) in [5.41, 5.74) is 10.8. The minimum atomic E-state index is 0.219. The molecule has 96 valence electrons. The Morgan fingerprint density at radius 1 is 1.39 bits per heavy atom. The van der Waals surface area contributed by atoms with Crippen molar-refractivity contribution in [2.24, 2.45) is 11.1 Å². The molecule has 1 aromatic heterocycles. The maximum absolute atomic E-state index is 6.19. The van der Waals surface area contributed by atoms with Gasteiger partial charge in [-0.1, -0.05) is 31.6 Å². The molecule has 1 heterocycles. The molecule has 2 unspecified atom stereocenters. The smallest absolute Gasteiger partial charge is 0.0507 e. The first-order valence-corrected chi connectivity index (χ1v) is 6.95. The molecule has 2 aliphatic carbocycles. The highest BCUT2D eigenvalue weighted by molar-refractivity contribution is 5.37. The number of nitrogens with zero attached hydrogens (tertiary/aromatic N) is 1. The number of allylic oxidation sites excluding steroid dienone is 1. The summed E-state index contributed by atoms with van der Waals surface area (Å²) >= 11 is 0. The number of fused-ring (bicyclic) bond motifs is 1. The van der Waals surface area contributed by atoms with Gasteiger partial charge in [0.1, 0.15) is 0 Å². The molecule has 1 aromatic rings. The summed E-state index contributed by atoms with van der Waals surface area (Å²) in [5.74, 6) is 0.520. The molecule has 3 rings (SSSR count). The van der Waals surface area contributed by atoms with Crippen molar-refractivity contribution < 1.29 is 0 Å². The molecule has 0 aromatic carbocycles. The van der Waals surface area contributed by atoms with Gasteiger partial charge in [-0.25, -0.2) is 0 Å². The van der Waals surface area contributed by atoms with Crippen LogP contribution in [0.2, 0.25) is 0 Å². The van der Waals surface area contributed by atoms with Gasteiger partial charge in [-0.3, -0.25) is 4.98 Å². The van der Waals surface area contributed by atoms with Crippen LogP contribution in [0.3, 0.4) is 0 Å². The minimum absolute atomic E-state index is 0.219. The van der Waals surface area contributed by atoms with Crippen molar-refractivity contribution in [1.82, 2.24) is 4.98 Å². The number of aromatic nitrogens is 1. The van der Waals surface area contributed by atoms with E-state index in [1.807, 2.05) is 12.3 Å². The van der Waals surface area contributed by atoms with Crippen LogP contribution in [0.1, 0.15) is 50.3 Å². The van der Waals surface area contributed by atoms with Crippen molar-refractivity contribution >= 4 is 0 Å². The summed E-state index contributed by atoms with van der Waals surface area (Å²) in [6.07, 6.45) is 8.87. The lowest BCUT2D eigenvalue weighted by atomic mass is 9.72. The third-order valence-corrected chi connectivity index (χ3v) is 4.31. The normalized spacial score (nSPS) is 29.8. The van der Waals surface area contributed by atoms with E-state index in [-0.39, 0.29) is 6.04 Å². The van der Waals surface area contributed by atoms with E-state index < -0.39 is 0 Å². The highest BCUT2D eigenvalue weighted by Gasteiger charge is 2.34. The van der Waals surface area contributed by atoms with E-state index in [2.05, 4.69) is 31.0 Å². The van der Waals surface area contributed by atoms with E-state index in [9.17, 15) is 0 Å². The van der Waals surface area contributed by atoms with E-state index in [1.54, 1.807) is 0 Å². The van der Waals surface area contributed by atoms with Crippen molar-refractivity contribution in [3.8, 4) is 0 Å². The summed E-state index contributed by atoms with van der Waals surface area (Å²) in [6.45, 7) is 4.66. The summed E-state index contributed by atoms with van der Waals surface area (Å²) in [6, 6.07) is 4.49. The number of hydrogen-bond donors (Lipinski definition) is 1. The molecule has 0 aliphatic heterocycles. The third-order valence-electron chi connectivity index (χ3n) is 4.31. The zero-order valence-corrected chi connectivity index (χ0v) is 11.3. The Morgan fingerprint density at radius 3 is 3.00 bits per heavy atom. The first kappa shape index (κ1) is 11.9. The molecule has 0 amide bonds. The summed E-state index contributed by atoms with van der Waals surface area (Å²) in [4.78, 5) is 4.61. The Hall–Kier alpha value is -1.15. The Balaban J connectivity index is 1.93. The van der Waals surface area contributed by atoms with E-state index in [0.717, 1.165) is 6.42 Å². The maximum Gasteiger partial charge on any atom is 0.0507 e. The molecule has 0 fully saturated rings. The zero-order chi connectivity index (χ0) is 12.8. The van der Waals surface area contributed by atoms with Crippen LogP contribution in [0.5, 0.6) is 0 Å². The van der Waals surface area contributed by atoms with Crippen LogP contribution >= 0.6 is 0 Å². The average Bonchev–Trinajstić information content (AvgIpc) is 2.69. The largest absolute Gasteiger partial charge is 0.324 e. The van der Waals surface area contributed by atoms with Crippen molar-refractivity contribution in [2.75, 3.05) is 0 Å². The molecular formula is C16H22N2. The molecule has 2 atom stereocenters. The van der Waals surface area contributed by atoms with Crippen LogP contribution in [-0.2, 0) is 6.42 Å². The fourth-order valence-electron chi connectivity index (χ4n) is 3.67. The molecule has 0 bridgehead atoms. The average molecular weight is 242 g/mol. The Bertz CT molecular complexity index is 488.